The van der Waals surface area contributed by atoms with E-state index in [1.54, 1.807) is 6.26 Å². The maximum Gasteiger partial charge on any atom is 0.106 e. The highest BCUT2D eigenvalue weighted by Gasteiger charge is 2.19. The molecule has 0 aromatic heterocycles. The number of allylic oxidation sites excluding steroid dienone is 5. The molecule has 0 spiro atoms. The number of ether oxygens (including phenoxy) is 1. The molecule has 0 bridgehead atoms. The van der Waals surface area contributed by atoms with Crippen molar-refractivity contribution in [2.75, 3.05) is 0 Å². The van der Waals surface area contributed by atoms with Gasteiger partial charge in [0, 0.05) is 5.92 Å². The SMILES string of the molecule is C1=CC=C(C2CCCC2)OC=C1. The molecule has 0 radical (unpaired) electrons. The van der Waals surface area contributed by atoms with Gasteiger partial charge in [-0.3, -0.25) is 0 Å². The van der Waals surface area contributed by atoms with E-state index < -0.39 is 0 Å². The Morgan fingerprint density at radius 2 is 1.92 bits per heavy atom. The van der Waals surface area contributed by atoms with E-state index in [0.29, 0.717) is 5.92 Å². The lowest BCUT2D eigenvalue weighted by Crippen LogP contribution is -1.99. The minimum Gasteiger partial charge on any atom is -0.469 e. The summed E-state index contributed by atoms with van der Waals surface area (Å²) in [4.78, 5) is 0. The van der Waals surface area contributed by atoms with Gasteiger partial charge >= 0.3 is 0 Å². The molecule has 2 aliphatic rings. The van der Waals surface area contributed by atoms with E-state index in [-0.39, 0.29) is 0 Å². The van der Waals surface area contributed by atoms with Crippen LogP contribution in [-0.2, 0) is 4.74 Å². The molecule has 1 saturated carbocycles. The van der Waals surface area contributed by atoms with Crippen LogP contribution in [0.1, 0.15) is 25.7 Å². The largest absolute Gasteiger partial charge is 0.469 e. The molecule has 1 heterocycles. The zero-order valence-corrected chi connectivity index (χ0v) is 7.20. The molecule has 0 atom stereocenters. The number of hydrogen-bond acceptors (Lipinski definition) is 1. The Morgan fingerprint density at radius 3 is 2.75 bits per heavy atom. The maximum absolute atomic E-state index is 5.50. The van der Waals surface area contributed by atoms with Crippen LogP contribution in [0.25, 0.3) is 0 Å². The normalized spacial score (nSPS) is 23.5. The Morgan fingerprint density at radius 1 is 1.08 bits per heavy atom. The van der Waals surface area contributed by atoms with Crippen molar-refractivity contribution in [3.63, 3.8) is 0 Å². The fraction of sp³-hybridized carbons (Fsp3) is 0.455. The molecule has 12 heavy (non-hydrogen) atoms. The second-order valence-corrected chi connectivity index (χ2v) is 3.38. The van der Waals surface area contributed by atoms with Crippen LogP contribution in [0.15, 0.2) is 36.3 Å². The van der Waals surface area contributed by atoms with Crippen LogP contribution in [-0.4, -0.2) is 0 Å². The summed E-state index contributed by atoms with van der Waals surface area (Å²) < 4.78 is 5.50. The fourth-order valence-corrected chi connectivity index (χ4v) is 1.86. The summed E-state index contributed by atoms with van der Waals surface area (Å²) in [5, 5.41) is 0. The van der Waals surface area contributed by atoms with Gasteiger partial charge in [-0.05, 0) is 25.0 Å². The summed E-state index contributed by atoms with van der Waals surface area (Å²) >= 11 is 0. The molecule has 0 aromatic rings. The Labute approximate surface area is 73.4 Å². The quantitative estimate of drug-likeness (QED) is 0.575. The number of hydrogen-bond donors (Lipinski definition) is 0. The summed E-state index contributed by atoms with van der Waals surface area (Å²) in [6, 6.07) is 0. The molecule has 1 aliphatic carbocycles. The van der Waals surface area contributed by atoms with Gasteiger partial charge in [-0.1, -0.05) is 25.0 Å². The molecule has 1 nitrogen and oxygen atoms in total. The predicted molar refractivity (Wildman–Crippen MR) is 49.4 cm³/mol. The van der Waals surface area contributed by atoms with E-state index in [0.717, 1.165) is 5.76 Å². The van der Waals surface area contributed by atoms with Crippen molar-refractivity contribution in [1.82, 2.24) is 0 Å². The van der Waals surface area contributed by atoms with Crippen molar-refractivity contribution >= 4 is 0 Å². The second kappa shape index (κ2) is 3.61. The van der Waals surface area contributed by atoms with Crippen LogP contribution < -0.4 is 0 Å². The molecule has 0 amide bonds. The average Bonchev–Trinajstić information content (AvgIpc) is 2.48. The van der Waals surface area contributed by atoms with Crippen LogP contribution in [0, 0.1) is 5.92 Å². The third kappa shape index (κ3) is 1.60. The average molecular weight is 162 g/mol. The van der Waals surface area contributed by atoms with Crippen molar-refractivity contribution in [2.45, 2.75) is 25.7 Å². The Bertz CT molecular complexity index is 229. The van der Waals surface area contributed by atoms with Gasteiger partial charge in [0.1, 0.15) is 5.76 Å². The lowest BCUT2D eigenvalue weighted by molar-refractivity contribution is 0.291. The molecule has 1 heteroatoms. The van der Waals surface area contributed by atoms with Gasteiger partial charge < -0.3 is 4.74 Å². The first kappa shape index (κ1) is 7.66. The smallest absolute Gasteiger partial charge is 0.106 e. The van der Waals surface area contributed by atoms with Crippen molar-refractivity contribution in [2.24, 2.45) is 5.92 Å². The standard InChI is InChI=1S/C11H14O/c1-2-8-11(12-9-5-1)10-6-3-4-7-10/h1-2,5,8-10H,3-4,6-7H2. The van der Waals surface area contributed by atoms with E-state index >= 15 is 0 Å². The highest BCUT2D eigenvalue weighted by Crippen LogP contribution is 2.32. The Hall–Kier alpha value is -0.980. The molecular formula is C11H14O. The van der Waals surface area contributed by atoms with Crippen LogP contribution in [0.4, 0.5) is 0 Å². The molecular weight excluding hydrogens is 148 g/mol. The van der Waals surface area contributed by atoms with E-state index in [1.165, 1.54) is 25.7 Å². The van der Waals surface area contributed by atoms with Gasteiger partial charge in [0.25, 0.3) is 0 Å². The summed E-state index contributed by atoms with van der Waals surface area (Å²) in [6.45, 7) is 0. The van der Waals surface area contributed by atoms with Gasteiger partial charge in [-0.15, -0.1) is 0 Å². The molecule has 64 valence electrons. The van der Waals surface area contributed by atoms with Gasteiger partial charge in [0.05, 0.1) is 6.26 Å². The molecule has 2 rings (SSSR count). The van der Waals surface area contributed by atoms with E-state index in [9.17, 15) is 0 Å². The van der Waals surface area contributed by atoms with Gasteiger partial charge in [-0.25, -0.2) is 0 Å². The summed E-state index contributed by atoms with van der Waals surface area (Å²) in [5.74, 6) is 1.83. The first-order chi connectivity index (χ1) is 5.97. The summed E-state index contributed by atoms with van der Waals surface area (Å²) in [6.07, 6.45) is 15.2. The molecule has 0 unspecified atom stereocenters. The van der Waals surface area contributed by atoms with Crippen molar-refractivity contribution in [1.29, 1.82) is 0 Å². The lowest BCUT2D eigenvalue weighted by atomic mass is 10.1. The first-order valence-corrected chi connectivity index (χ1v) is 4.67. The third-order valence-corrected chi connectivity index (χ3v) is 2.52. The van der Waals surface area contributed by atoms with Crippen LogP contribution in [0.2, 0.25) is 0 Å². The molecule has 0 aromatic carbocycles. The second-order valence-electron chi connectivity index (χ2n) is 3.38. The summed E-state index contributed by atoms with van der Waals surface area (Å²) in [7, 11) is 0. The number of rotatable bonds is 1. The molecule has 0 N–H and O–H groups in total. The van der Waals surface area contributed by atoms with E-state index in [4.69, 9.17) is 4.74 Å². The molecule has 0 saturated heterocycles. The Kier molecular flexibility index (Phi) is 2.31. The lowest BCUT2D eigenvalue weighted by Gasteiger charge is -2.11. The van der Waals surface area contributed by atoms with E-state index in [1.807, 2.05) is 12.2 Å². The minimum absolute atomic E-state index is 0.678. The van der Waals surface area contributed by atoms with Crippen molar-refractivity contribution < 1.29 is 4.74 Å². The van der Waals surface area contributed by atoms with Crippen LogP contribution in [0.5, 0.6) is 0 Å². The van der Waals surface area contributed by atoms with Crippen LogP contribution >= 0.6 is 0 Å². The monoisotopic (exact) mass is 162 g/mol. The van der Waals surface area contributed by atoms with E-state index in [2.05, 4.69) is 12.2 Å². The van der Waals surface area contributed by atoms with Gasteiger partial charge in [-0.2, -0.15) is 0 Å². The first-order valence-electron chi connectivity index (χ1n) is 4.67. The van der Waals surface area contributed by atoms with Crippen molar-refractivity contribution in [3.05, 3.63) is 36.3 Å². The molecule has 1 aliphatic heterocycles. The topological polar surface area (TPSA) is 9.23 Å². The van der Waals surface area contributed by atoms with Crippen molar-refractivity contribution in [3.8, 4) is 0 Å². The maximum atomic E-state index is 5.50. The molecule has 1 fully saturated rings. The third-order valence-electron chi connectivity index (χ3n) is 2.52. The fourth-order valence-electron chi connectivity index (χ4n) is 1.86. The zero-order chi connectivity index (χ0) is 8.23. The minimum atomic E-state index is 0.678. The highest BCUT2D eigenvalue weighted by molar-refractivity contribution is 5.18. The predicted octanol–water partition coefficient (Wildman–Crippen LogP) is 3.16. The summed E-state index contributed by atoms with van der Waals surface area (Å²) in [5.41, 5.74) is 0. The zero-order valence-electron chi connectivity index (χ0n) is 7.20. The Balaban J connectivity index is 2.06. The van der Waals surface area contributed by atoms with Gasteiger partial charge in [0.15, 0.2) is 0 Å². The van der Waals surface area contributed by atoms with Crippen LogP contribution in [0.3, 0.4) is 0 Å². The van der Waals surface area contributed by atoms with Gasteiger partial charge in [0.2, 0.25) is 0 Å². The highest BCUT2D eigenvalue weighted by atomic mass is 16.5.